The van der Waals surface area contributed by atoms with E-state index in [2.05, 4.69) is 0 Å². The molecule has 3 nitrogen and oxygen atoms in total. The summed E-state index contributed by atoms with van der Waals surface area (Å²) in [5.74, 6) is 0.127. The van der Waals surface area contributed by atoms with Crippen molar-refractivity contribution in [3.63, 3.8) is 0 Å². The molecule has 0 spiro atoms. The van der Waals surface area contributed by atoms with Crippen molar-refractivity contribution >= 4 is 19.8 Å². The van der Waals surface area contributed by atoms with Gasteiger partial charge in [-0.05, 0) is 35.4 Å². The zero-order valence-corrected chi connectivity index (χ0v) is 11.0. The number of hydrogen-bond acceptors (Lipinski definition) is 3. The van der Waals surface area contributed by atoms with E-state index in [9.17, 15) is 4.57 Å². The van der Waals surface area contributed by atoms with Crippen LogP contribution in [0.25, 0.3) is 0 Å². The van der Waals surface area contributed by atoms with Crippen LogP contribution in [0.4, 0.5) is 11.4 Å². The second-order valence-electron chi connectivity index (χ2n) is 4.23. The molecule has 1 unspecified atom stereocenters. The highest BCUT2D eigenvalue weighted by Gasteiger charge is 2.17. The molecule has 0 aliphatic carbocycles. The van der Waals surface area contributed by atoms with Crippen LogP contribution in [0.3, 0.4) is 0 Å². The van der Waals surface area contributed by atoms with Crippen molar-refractivity contribution in [3.8, 4) is 0 Å². The Bertz CT molecular complexity index is 477. The van der Waals surface area contributed by atoms with Gasteiger partial charge in [0.1, 0.15) is 0 Å². The summed E-state index contributed by atoms with van der Waals surface area (Å²) in [5, 5.41) is 0. The van der Waals surface area contributed by atoms with Crippen molar-refractivity contribution in [1.29, 1.82) is 0 Å². The van der Waals surface area contributed by atoms with Gasteiger partial charge in [0.25, 0.3) is 0 Å². The van der Waals surface area contributed by atoms with Crippen LogP contribution in [0.2, 0.25) is 0 Å². The fourth-order valence-electron chi connectivity index (χ4n) is 1.97. The molecule has 2 aromatic rings. The largest absolute Gasteiger partial charge is 0.399 e. The molecule has 0 saturated carbocycles. The van der Waals surface area contributed by atoms with Gasteiger partial charge in [-0.15, -0.1) is 0 Å². The number of anilines is 2. The zero-order chi connectivity index (χ0) is 13.0. The smallest absolute Gasteiger partial charge is 0.325 e. The topological polar surface area (TPSA) is 69.1 Å². The zero-order valence-electron chi connectivity index (χ0n) is 9.97. The normalized spacial score (nSPS) is 10.9. The average Bonchev–Trinajstić information content (AvgIpc) is 2.39. The third-order valence-electron chi connectivity index (χ3n) is 2.97. The van der Waals surface area contributed by atoms with E-state index in [1.54, 1.807) is 0 Å². The lowest BCUT2D eigenvalue weighted by Crippen LogP contribution is -2.03. The van der Waals surface area contributed by atoms with Gasteiger partial charge in [-0.25, -0.2) is 0 Å². The van der Waals surface area contributed by atoms with Crippen molar-refractivity contribution in [2.45, 2.75) is 5.92 Å². The average molecular weight is 259 g/mol. The van der Waals surface area contributed by atoms with Crippen molar-refractivity contribution < 1.29 is 4.57 Å². The van der Waals surface area contributed by atoms with E-state index in [1.807, 2.05) is 48.5 Å². The molecule has 2 rings (SSSR count). The van der Waals surface area contributed by atoms with Gasteiger partial charge in [0.2, 0.25) is 0 Å². The molecule has 18 heavy (non-hydrogen) atoms. The molecule has 0 amide bonds. The second-order valence-corrected chi connectivity index (χ2v) is 4.93. The number of rotatable bonds is 4. The standard InChI is InChI=1S/C14H15N2OP/c15-12-5-1-10(2-6-12)14(9-18-17)11-3-7-13(16)8-4-11/h1-8,14H,9,15-16H2/p+1. The highest BCUT2D eigenvalue weighted by molar-refractivity contribution is 7.23. The molecular formula is C14H16N2OP+. The van der Waals surface area contributed by atoms with Crippen LogP contribution in [0.15, 0.2) is 48.5 Å². The molecule has 4 N–H and O–H groups in total. The molecular weight excluding hydrogens is 243 g/mol. The summed E-state index contributed by atoms with van der Waals surface area (Å²) in [4.78, 5) is 0. The van der Waals surface area contributed by atoms with Gasteiger partial charge >= 0.3 is 8.46 Å². The molecule has 0 heterocycles. The first-order chi connectivity index (χ1) is 8.70. The summed E-state index contributed by atoms with van der Waals surface area (Å²) in [5.41, 5.74) is 15.1. The SMILES string of the molecule is Nc1ccc(C(C[PH+]=O)c2ccc(N)cc2)cc1. The Morgan fingerprint density at radius 3 is 1.56 bits per heavy atom. The number of benzene rings is 2. The van der Waals surface area contributed by atoms with Crippen molar-refractivity contribution in [2.75, 3.05) is 17.6 Å². The minimum atomic E-state index is -0.329. The minimum absolute atomic E-state index is 0.127. The maximum Gasteiger partial charge on any atom is 0.325 e. The van der Waals surface area contributed by atoms with Crippen LogP contribution >= 0.6 is 8.46 Å². The summed E-state index contributed by atoms with van der Waals surface area (Å²) in [6.07, 6.45) is 0.605. The summed E-state index contributed by atoms with van der Waals surface area (Å²) in [7, 11) is -0.329. The highest BCUT2D eigenvalue weighted by atomic mass is 31.1. The van der Waals surface area contributed by atoms with E-state index < -0.39 is 0 Å². The Morgan fingerprint density at radius 2 is 1.22 bits per heavy atom. The number of nitrogen functional groups attached to an aromatic ring is 2. The fourth-order valence-corrected chi connectivity index (χ4v) is 2.61. The first kappa shape index (κ1) is 12.6. The Balaban J connectivity index is 2.35. The quantitative estimate of drug-likeness (QED) is 0.655. The second kappa shape index (κ2) is 5.65. The lowest BCUT2D eigenvalue weighted by molar-refractivity contribution is 0.596. The molecule has 0 aliphatic rings. The third kappa shape index (κ3) is 2.88. The number of hydrogen-bond donors (Lipinski definition) is 2. The van der Waals surface area contributed by atoms with Gasteiger partial charge in [0, 0.05) is 11.4 Å². The number of nitrogens with two attached hydrogens (primary N) is 2. The van der Waals surface area contributed by atoms with Gasteiger partial charge in [0.05, 0.1) is 5.92 Å². The van der Waals surface area contributed by atoms with Gasteiger partial charge < -0.3 is 11.5 Å². The van der Waals surface area contributed by atoms with Gasteiger partial charge in [-0.2, -0.15) is 0 Å². The minimum Gasteiger partial charge on any atom is -0.399 e. The van der Waals surface area contributed by atoms with Crippen molar-refractivity contribution in [3.05, 3.63) is 59.7 Å². The molecule has 0 bridgehead atoms. The van der Waals surface area contributed by atoms with Crippen LogP contribution in [-0.2, 0) is 4.57 Å². The summed E-state index contributed by atoms with van der Waals surface area (Å²) in [6.45, 7) is 0. The van der Waals surface area contributed by atoms with E-state index in [0.717, 1.165) is 22.5 Å². The van der Waals surface area contributed by atoms with Gasteiger partial charge in [-0.3, -0.25) is 0 Å². The van der Waals surface area contributed by atoms with Crippen LogP contribution in [-0.4, -0.2) is 6.16 Å². The van der Waals surface area contributed by atoms with E-state index >= 15 is 0 Å². The van der Waals surface area contributed by atoms with Gasteiger partial charge in [0.15, 0.2) is 6.16 Å². The van der Waals surface area contributed by atoms with E-state index in [1.165, 1.54) is 0 Å². The molecule has 0 radical (unpaired) electrons. The van der Waals surface area contributed by atoms with Gasteiger partial charge in [-0.1, -0.05) is 28.8 Å². The van der Waals surface area contributed by atoms with Crippen LogP contribution in [0.5, 0.6) is 0 Å². The first-order valence-electron chi connectivity index (χ1n) is 5.76. The molecule has 92 valence electrons. The fraction of sp³-hybridized carbons (Fsp3) is 0.143. The van der Waals surface area contributed by atoms with Crippen LogP contribution in [0, 0.1) is 0 Å². The maximum absolute atomic E-state index is 11.0. The lowest BCUT2D eigenvalue weighted by atomic mass is 9.93. The highest BCUT2D eigenvalue weighted by Crippen LogP contribution is 2.28. The Labute approximate surface area is 108 Å². The molecule has 4 heteroatoms. The maximum atomic E-state index is 11.0. The predicted molar refractivity (Wildman–Crippen MR) is 77.4 cm³/mol. The van der Waals surface area contributed by atoms with E-state index in [-0.39, 0.29) is 14.4 Å². The Hall–Kier alpha value is -1.86. The molecule has 0 aromatic heterocycles. The van der Waals surface area contributed by atoms with Crippen LogP contribution < -0.4 is 11.5 Å². The van der Waals surface area contributed by atoms with E-state index in [0.29, 0.717) is 6.16 Å². The third-order valence-corrected chi connectivity index (χ3v) is 3.54. The van der Waals surface area contributed by atoms with Crippen LogP contribution in [0.1, 0.15) is 17.0 Å². The molecule has 1 atom stereocenters. The van der Waals surface area contributed by atoms with E-state index in [4.69, 9.17) is 11.5 Å². The monoisotopic (exact) mass is 259 g/mol. The molecule has 0 fully saturated rings. The van der Waals surface area contributed by atoms with Crippen molar-refractivity contribution in [1.82, 2.24) is 0 Å². The summed E-state index contributed by atoms with van der Waals surface area (Å²) >= 11 is 0. The summed E-state index contributed by atoms with van der Waals surface area (Å²) < 4.78 is 11.0. The lowest BCUT2D eigenvalue weighted by Gasteiger charge is -2.13. The molecule has 2 aromatic carbocycles. The summed E-state index contributed by atoms with van der Waals surface area (Å²) in [6, 6.07) is 15.4. The predicted octanol–water partition coefficient (Wildman–Crippen LogP) is 3.01. The molecule has 0 aliphatic heterocycles. The first-order valence-corrected chi connectivity index (χ1v) is 6.88. The Kier molecular flexibility index (Phi) is 3.96. The van der Waals surface area contributed by atoms with Crippen molar-refractivity contribution in [2.24, 2.45) is 0 Å². The Morgan fingerprint density at radius 1 is 0.833 bits per heavy atom. The molecule has 0 saturated heterocycles.